The number of hydrogen-bond acceptors (Lipinski definition) is 3. The van der Waals surface area contributed by atoms with Gasteiger partial charge < -0.3 is 14.5 Å². The van der Waals surface area contributed by atoms with E-state index in [0.717, 1.165) is 12.5 Å². The van der Waals surface area contributed by atoms with E-state index in [4.69, 9.17) is 4.74 Å². The van der Waals surface area contributed by atoms with Gasteiger partial charge in [0.25, 0.3) is 0 Å². The third-order valence-corrected chi connectivity index (χ3v) is 6.15. The first kappa shape index (κ1) is 19.2. The fourth-order valence-corrected chi connectivity index (χ4v) is 4.08. The largest absolute Gasteiger partial charge is 0.378 e. The van der Waals surface area contributed by atoms with E-state index in [-0.39, 0.29) is 0 Å². The van der Waals surface area contributed by atoms with Crippen LogP contribution < -0.4 is 0 Å². The molecule has 23 heavy (non-hydrogen) atoms. The minimum absolute atomic E-state index is 0.475. The first-order valence-corrected chi connectivity index (χ1v) is 9.93. The summed E-state index contributed by atoms with van der Waals surface area (Å²) in [6.45, 7) is 16.6. The van der Waals surface area contributed by atoms with Crippen molar-refractivity contribution in [1.82, 2.24) is 9.80 Å². The van der Waals surface area contributed by atoms with Crippen molar-refractivity contribution in [1.29, 1.82) is 0 Å². The fraction of sp³-hybridized carbons (Fsp3) is 1.00. The number of hydrogen-bond donors (Lipinski definition) is 0. The fourth-order valence-electron chi connectivity index (χ4n) is 4.08. The maximum atomic E-state index is 6.09. The molecule has 2 heterocycles. The highest BCUT2D eigenvalue weighted by Gasteiger charge is 2.38. The predicted octanol–water partition coefficient (Wildman–Crippen LogP) is 3.88. The van der Waals surface area contributed by atoms with E-state index in [1.807, 2.05) is 0 Å². The Morgan fingerprint density at radius 1 is 1.04 bits per heavy atom. The maximum absolute atomic E-state index is 6.09. The Morgan fingerprint density at radius 3 is 2.35 bits per heavy atom. The molecule has 2 rings (SSSR count). The summed E-state index contributed by atoms with van der Waals surface area (Å²) in [5.41, 5.74) is 0.529. The molecule has 0 N–H and O–H groups in total. The lowest BCUT2D eigenvalue weighted by Gasteiger charge is -2.44. The molecule has 2 aliphatic rings. The van der Waals surface area contributed by atoms with Crippen LogP contribution in [-0.2, 0) is 4.74 Å². The second-order valence-electron chi connectivity index (χ2n) is 8.93. The zero-order chi connectivity index (χ0) is 16.9. The molecule has 3 heteroatoms. The van der Waals surface area contributed by atoms with Crippen molar-refractivity contribution >= 4 is 0 Å². The van der Waals surface area contributed by atoms with E-state index in [1.54, 1.807) is 0 Å². The molecular formula is C20H40N2O. The van der Waals surface area contributed by atoms with Gasteiger partial charge in [-0.1, -0.05) is 34.1 Å². The SMILES string of the molecule is CC(C)CCC1(CCN2CCN(C)CC2)CCOC(C(C)C)C1. The highest BCUT2D eigenvalue weighted by Crippen LogP contribution is 2.43. The minimum atomic E-state index is 0.475. The van der Waals surface area contributed by atoms with Gasteiger partial charge in [-0.3, -0.25) is 0 Å². The predicted molar refractivity (Wildman–Crippen MR) is 98.9 cm³/mol. The van der Waals surface area contributed by atoms with Crippen LogP contribution in [0.25, 0.3) is 0 Å². The normalized spacial score (nSPS) is 31.2. The third-order valence-electron chi connectivity index (χ3n) is 6.15. The zero-order valence-corrected chi connectivity index (χ0v) is 16.3. The summed E-state index contributed by atoms with van der Waals surface area (Å²) < 4.78 is 6.09. The number of rotatable bonds is 7. The Hall–Kier alpha value is -0.120. The van der Waals surface area contributed by atoms with E-state index in [9.17, 15) is 0 Å². The van der Waals surface area contributed by atoms with Gasteiger partial charge in [0.1, 0.15) is 0 Å². The Balaban J connectivity index is 1.93. The highest BCUT2D eigenvalue weighted by molar-refractivity contribution is 4.88. The van der Waals surface area contributed by atoms with Gasteiger partial charge in [-0.25, -0.2) is 0 Å². The minimum Gasteiger partial charge on any atom is -0.378 e. The standard InChI is InChI=1S/C20H40N2O/c1-17(2)6-7-20(9-15-23-19(16-20)18(3)4)8-10-22-13-11-21(5)12-14-22/h17-19H,6-16H2,1-5H3. The summed E-state index contributed by atoms with van der Waals surface area (Å²) in [5, 5.41) is 0. The Labute approximate surface area is 144 Å². The molecule has 0 bridgehead atoms. The van der Waals surface area contributed by atoms with Crippen molar-refractivity contribution in [3.05, 3.63) is 0 Å². The molecule has 2 saturated heterocycles. The molecule has 0 radical (unpaired) electrons. The van der Waals surface area contributed by atoms with Gasteiger partial charge >= 0.3 is 0 Å². The summed E-state index contributed by atoms with van der Waals surface area (Å²) in [6, 6.07) is 0. The van der Waals surface area contributed by atoms with Gasteiger partial charge in [-0.2, -0.15) is 0 Å². The van der Waals surface area contributed by atoms with E-state index < -0.39 is 0 Å². The van der Waals surface area contributed by atoms with Crippen LogP contribution in [0.1, 0.15) is 59.8 Å². The second-order valence-corrected chi connectivity index (χ2v) is 8.93. The van der Waals surface area contributed by atoms with Crippen LogP contribution in [0.4, 0.5) is 0 Å². The number of piperazine rings is 1. The van der Waals surface area contributed by atoms with Crippen molar-refractivity contribution in [3.63, 3.8) is 0 Å². The summed E-state index contributed by atoms with van der Waals surface area (Å²) in [7, 11) is 2.24. The molecule has 3 nitrogen and oxygen atoms in total. The van der Waals surface area contributed by atoms with Crippen molar-refractivity contribution in [2.45, 2.75) is 65.9 Å². The summed E-state index contributed by atoms with van der Waals surface area (Å²) in [4.78, 5) is 5.14. The molecule has 0 aliphatic carbocycles. The molecule has 2 atom stereocenters. The molecule has 136 valence electrons. The Kier molecular flexibility index (Phi) is 7.37. The Morgan fingerprint density at radius 2 is 1.74 bits per heavy atom. The van der Waals surface area contributed by atoms with Crippen LogP contribution in [0.15, 0.2) is 0 Å². The molecule has 2 unspecified atom stereocenters. The quantitative estimate of drug-likeness (QED) is 0.707. The smallest absolute Gasteiger partial charge is 0.0603 e. The molecule has 0 saturated carbocycles. The van der Waals surface area contributed by atoms with Crippen LogP contribution in [0.5, 0.6) is 0 Å². The Bertz CT molecular complexity index is 337. The lowest BCUT2D eigenvalue weighted by Crippen LogP contribution is -2.46. The van der Waals surface area contributed by atoms with Crippen molar-refractivity contribution in [2.24, 2.45) is 17.3 Å². The maximum Gasteiger partial charge on any atom is 0.0603 e. The molecule has 0 spiro atoms. The third kappa shape index (κ3) is 6.03. The lowest BCUT2D eigenvalue weighted by atomic mass is 9.69. The monoisotopic (exact) mass is 324 g/mol. The molecule has 2 fully saturated rings. The van der Waals surface area contributed by atoms with Crippen LogP contribution in [0.3, 0.4) is 0 Å². The van der Waals surface area contributed by atoms with Gasteiger partial charge in [0.15, 0.2) is 0 Å². The van der Waals surface area contributed by atoms with Crippen LogP contribution in [0.2, 0.25) is 0 Å². The summed E-state index contributed by atoms with van der Waals surface area (Å²) >= 11 is 0. The molecule has 0 aromatic carbocycles. The molecule has 2 aliphatic heterocycles. The topological polar surface area (TPSA) is 15.7 Å². The van der Waals surface area contributed by atoms with E-state index in [2.05, 4.69) is 44.5 Å². The average molecular weight is 325 g/mol. The van der Waals surface area contributed by atoms with Gasteiger partial charge in [0.2, 0.25) is 0 Å². The van der Waals surface area contributed by atoms with Gasteiger partial charge in [0.05, 0.1) is 6.10 Å². The molecule has 0 aromatic heterocycles. The van der Waals surface area contributed by atoms with Crippen LogP contribution in [-0.4, -0.2) is 62.3 Å². The van der Waals surface area contributed by atoms with Gasteiger partial charge in [-0.15, -0.1) is 0 Å². The van der Waals surface area contributed by atoms with Crippen LogP contribution >= 0.6 is 0 Å². The molecule has 0 amide bonds. The molecular weight excluding hydrogens is 284 g/mol. The van der Waals surface area contributed by atoms with E-state index in [0.29, 0.717) is 17.4 Å². The first-order valence-electron chi connectivity index (χ1n) is 9.93. The second kappa shape index (κ2) is 8.82. The van der Waals surface area contributed by atoms with E-state index >= 15 is 0 Å². The van der Waals surface area contributed by atoms with Crippen molar-refractivity contribution < 1.29 is 4.74 Å². The average Bonchev–Trinajstić information content (AvgIpc) is 2.53. The number of likely N-dealkylation sites (N-methyl/N-ethyl adjacent to an activating group) is 1. The lowest BCUT2D eigenvalue weighted by molar-refractivity contribution is -0.0790. The molecule has 0 aromatic rings. The van der Waals surface area contributed by atoms with Crippen LogP contribution in [0, 0.1) is 17.3 Å². The first-order chi connectivity index (χ1) is 10.9. The summed E-state index contributed by atoms with van der Waals surface area (Å²) in [6.07, 6.45) is 7.17. The van der Waals surface area contributed by atoms with Gasteiger partial charge in [-0.05, 0) is 56.5 Å². The zero-order valence-electron chi connectivity index (χ0n) is 16.3. The van der Waals surface area contributed by atoms with Gasteiger partial charge in [0, 0.05) is 32.8 Å². The van der Waals surface area contributed by atoms with E-state index in [1.165, 1.54) is 64.8 Å². The number of ether oxygens (including phenoxy) is 1. The summed E-state index contributed by atoms with van der Waals surface area (Å²) in [5.74, 6) is 1.47. The van der Waals surface area contributed by atoms with Crippen molar-refractivity contribution in [3.8, 4) is 0 Å². The number of nitrogens with zero attached hydrogens (tertiary/aromatic N) is 2. The van der Waals surface area contributed by atoms with Crippen molar-refractivity contribution in [2.75, 3.05) is 46.4 Å². The highest BCUT2D eigenvalue weighted by atomic mass is 16.5.